The number of carbonyl (C=O) groups excluding carboxylic acids is 2. The van der Waals surface area contributed by atoms with Crippen LogP contribution in [0, 0.1) is 17.1 Å². The second kappa shape index (κ2) is 10.3. The summed E-state index contributed by atoms with van der Waals surface area (Å²) in [5, 5.41) is 18.4. The second-order valence-electron chi connectivity index (χ2n) is 6.29. The highest BCUT2D eigenvalue weighted by atomic mass is 19.4. The Labute approximate surface area is 195 Å². The number of hydrogen-bond donors (Lipinski definition) is 1. The Balaban J connectivity index is 0.000000338. The number of alkyl halides is 3. The Bertz CT molecular complexity index is 1500. The average molecular weight is 507 g/mol. The van der Waals surface area contributed by atoms with Gasteiger partial charge in [0.15, 0.2) is 0 Å². The first-order chi connectivity index (χ1) is 17.0. The molecule has 0 aliphatic carbocycles. The number of primary amides is 1. The molecule has 184 valence electrons. The minimum absolute atomic E-state index is 0.134. The normalized spacial score (nSPS) is 10.6. The largest absolute Gasteiger partial charge is 0.491 e. The van der Waals surface area contributed by atoms with Crippen molar-refractivity contribution in [2.75, 3.05) is 0 Å². The van der Waals surface area contributed by atoms with Crippen LogP contribution in [-0.2, 0) is 4.79 Å². The van der Waals surface area contributed by atoms with E-state index in [4.69, 9.17) is 11.0 Å². The van der Waals surface area contributed by atoms with Gasteiger partial charge >= 0.3 is 17.9 Å². The maximum Gasteiger partial charge on any atom is 0.491 e. The van der Waals surface area contributed by atoms with Gasteiger partial charge in [0, 0.05) is 18.0 Å². The molecule has 0 atom stereocenters. The van der Waals surface area contributed by atoms with Gasteiger partial charge in [0.2, 0.25) is 17.4 Å². The second-order valence-corrected chi connectivity index (χ2v) is 6.29. The number of halogens is 4. The topological polar surface area (TPSA) is 193 Å². The van der Waals surface area contributed by atoms with Gasteiger partial charge in [-0.05, 0) is 40.6 Å². The summed E-state index contributed by atoms with van der Waals surface area (Å²) in [7, 11) is 0. The van der Waals surface area contributed by atoms with E-state index in [-0.39, 0.29) is 5.69 Å². The van der Waals surface area contributed by atoms with Gasteiger partial charge in [0.1, 0.15) is 11.9 Å². The maximum atomic E-state index is 13.5. The molecule has 2 N–H and O–H groups in total. The Morgan fingerprint density at radius 2 is 1.81 bits per heavy atom. The molecule has 4 rings (SSSR count). The van der Waals surface area contributed by atoms with Crippen molar-refractivity contribution in [3.05, 3.63) is 70.2 Å². The van der Waals surface area contributed by atoms with E-state index in [1.54, 1.807) is 18.2 Å². The first-order valence-electron chi connectivity index (χ1n) is 9.13. The number of nitrogens with two attached hydrogens (primary N) is 1. The van der Waals surface area contributed by atoms with Crippen molar-refractivity contribution in [2.24, 2.45) is 5.73 Å². The minimum Gasteiger partial charge on any atom is -0.395 e. The molecule has 0 bridgehead atoms. The Morgan fingerprint density at radius 3 is 2.39 bits per heavy atom. The zero-order valence-electron chi connectivity index (χ0n) is 17.3. The Kier molecular flexibility index (Phi) is 7.18. The van der Waals surface area contributed by atoms with Crippen LogP contribution in [0.15, 0.2) is 56.7 Å². The van der Waals surface area contributed by atoms with Crippen LogP contribution in [0.4, 0.5) is 17.6 Å². The van der Waals surface area contributed by atoms with E-state index in [9.17, 15) is 31.9 Å². The van der Waals surface area contributed by atoms with Crippen molar-refractivity contribution in [2.45, 2.75) is 6.18 Å². The molecule has 0 fully saturated rings. The van der Waals surface area contributed by atoms with Gasteiger partial charge in [-0.15, -0.1) is 0 Å². The fourth-order valence-electron chi connectivity index (χ4n) is 2.41. The number of rotatable bonds is 4. The maximum absolute atomic E-state index is 13.5. The van der Waals surface area contributed by atoms with Crippen molar-refractivity contribution < 1.29 is 41.0 Å². The molecule has 0 aliphatic rings. The van der Waals surface area contributed by atoms with Crippen LogP contribution < -0.4 is 16.2 Å². The van der Waals surface area contributed by atoms with E-state index >= 15 is 0 Å². The molecular formula is C19H9F4N7O6. The van der Waals surface area contributed by atoms with Crippen LogP contribution in [0.2, 0.25) is 0 Å². The van der Waals surface area contributed by atoms with E-state index in [1.165, 1.54) is 12.4 Å². The predicted octanol–water partition coefficient (Wildman–Crippen LogP) is 1.53. The van der Waals surface area contributed by atoms with Crippen LogP contribution in [-0.4, -0.2) is 43.1 Å². The summed E-state index contributed by atoms with van der Waals surface area (Å²) < 4.78 is 63.8. The fourth-order valence-corrected chi connectivity index (χ4v) is 2.41. The van der Waals surface area contributed by atoms with Gasteiger partial charge in [-0.25, -0.2) is 23.2 Å². The van der Waals surface area contributed by atoms with Gasteiger partial charge in [-0.2, -0.15) is 18.4 Å². The molecule has 0 saturated heterocycles. The van der Waals surface area contributed by atoms with Gasteiger partial charge in [-0.3, -0.25) is 14.3 Å². The number of aromatic nitrogens is 5. The van der Waals surface area contributed by atoms with Gasteiger partial charge in [-0.1, -0.05) is 5.16 Å². The van der Waals surface area contributed by atoms with Crippen LogP contribution in [0.1, 0.15) is 15.9 Å². The molecule has 1 amide bonds. The fraction of sp³-hybridized carbons (Fsp3) is 0.0526. The molecule has 0 unspecified atom stereocenters. The monoisotopic (exact) mass is 507 g/mol. The summed E-state index contributed by atoms with van der Waals surface area (Å²) >= 11 is 0. The lowest BCUT2D eigenvalue weighted by Gasteiger charge is -2.05. The molecule has 13 nitrogen and oxygen atoms in total. The van der Waals surface area contributed by atoms with Crippen molar-refractivity contribution >= 4 is 11.9 Å². The molecular weight excluding hydrogens is 498 g/mol. The molecule has 36 heavy (non-hydrogen) atoms. The molecule has 3 aromatic heterocycles. The predicted molar refractivity (Wildman–Crippen MR) is 105 cm³/mol. The zero-order valence-corrected chi connectivity index (χ0v) is 17.3. The van der Waals surface area contributed by atoms with E-state index in [2.05, 4.69) is 34.3 Å². The van der Waals surface area contributed by atoms with Gasteiger partial charge in [0.05, 0.1) is 11.3 Å². The SMILES string of the molecule is N#Cc1cc(-n2c(-c3nonc3OC(=O)C(F)(F)F)noc2=O)ccc1F.NC(=O)c1ccncc1. The molecule has 17 heteroatoms. The molecule has 0 radical (unpaired) electrons. The summed E-state index contributed by atoms with van der Waals surface area (Å²) in [6.45, 7) is 0. The number of ether oxygens (including phenoxy) is 1. The third kappa shape index (κ3) is 5.56. The number of benzene rings is 1. The van der Waals surface area contributed by atoms with Crippen molar-refractivity contribution in [3.63, 3.8) is 0 Å². The zero-order chi connectivity index (χ0) is 26.5. The van der Waals surface area contributed by atoms with Crippen LogP contribution in [0.25, 0.3) is 17.2 Å². The number of carbonyl (C=O) groups is 2. The highest BCUT2D eigenvalue weighted by Crippen LogP contribution is 2.28. The Hall–Kier alpha value is -5.40. The number of hydrogen-bond acceptors (Lipinski definition) is 11. The lowest BCUT2D eigenvalue weighted by atomic mass is 10.2. The molecule has 0 saturated carbocycles. The van der Waals surface area contributed by atoms with Gasteiger partial charge in [0.25, 0.3) is 5.88 Å². The highest BCUT2D eigenvalue weighted by molar-refractivity contribution is 5.92. The molecule has 0 aliphatic heterocycles. The minimum atomic E-state index is -5.33. The quantitative estimate of drug-likeness (QED) is 0.311. The van der Waals surface area contributed by atoms with Crippen LogP contribution >= 0.6 is 0 Å². The first kappa shape index (κ1) is 25.2. The van der Waals surface area contributed by atoms with Crippen molar-refractivity contribution in [1.29, 1.82) is 5.26 Å². The molecule has 3 heterocycles. The number of nitrogens with zero attached hydrogens (tertiary/aromatic N) is 6. The third-order valence-electron chi connectivity index (χ3n) is 3.99. The molecule has 0 spiro atoms. The molecule has 1 aromatic carbocycles. The lowest BCUT2D eigenvalue weighted by molar-refractivity contribution is -0.190. The summed E-state index contributed by atoms with van der Waals surface area (Å²) in [4.78, 5) is 37.0. The number of amides is 1. The summed E-state index contributed by atoms with van der Waals surface area (Å²) in [6.07, 6.45) is -2.28. The van der Waals surface area contributed by atoms with Crippen molar-refractivity contribution in [3.8, 4) is 29.2 Å². The van der Waals surface area contributed by atoms with Crippen molar-refractivity contribution in [1.82, 2.24) is 25.0 Å². The van der Waals surface area contributed by atoms with E-state index < -0.39 is 52.6 Å². The van der Waals surface area contributed by atoms with Gasteiger partial charge < -0.3 is 10.5 Å². The summed E-state index contributed by atoms with van der Waals surface area (Å²) in [5.74, 6) is -6.68. The van der Waals surface area contributed by atoms with E-state index in [0.717, 1.165) is 18.2 Å². The summed E-state index contributed by atoms with van der Waals surface area (Å²) in [6, 6.07) is 7.56. The Morgan fingerprint density at radius 1 is 1.11 bits per heavy atom. The third-order valence-corrected chi connectivity index (χ3v) is 3.99. The number of esters is 1. The summed E-state index contributed by atoms with van der Waals surface area (Å²) in [5.41, 5.74) is 4.19. The number of nitriles is 1. The lowest BCUT2D eigenvalue weighted by Crippen LogP contribution is -2.28. The van der Waals surface area contributed by atoms with Crippen LogP contribution in [0.3, 0.4) is 0 Å². The molecule has 4 aromatic rings. The number of pyridine rings is 1. The highest BCUT2D eigenvalue weighted by Gasteiger charge is 2.43. The average Bonchev–Trinajstić information content (AvgIpc) is 3.45. The van der Waals surface area contributed by atoms with Crippen LogP contribution in [0.5, 0.6) is 5.88 Å². The van der Waals surface area contributed by atoms with E-state index in [0.29, 0.717) is 10.1 Å². The smallest absolute Gasteiger partial charge is 0.395 e. The standard InChI is InChI=1S/C13H3F4N5O5.C6H6N2O/c14-7-2-1-6(3-5(7)4-18)22-9(20-26-12(22)24)8-10(21-27-19-8)25-11(23)13(15,16)17;7-6(9)5-1-3-8-4-2-5/h1-3H;1-4H,(H2,7,9). The first-order valence-corrected chi connectivity index (χ1v) is 9.13. The van der Waals surface area contributed by atoms with E-state index in [1.807, 2.05) is 0 Å².